The molecule has 1 heterocycles. The summed E-state index contributed by atoms with van der Waals surface area (Å²) < 4.78 is 2.22. The van der Waals surface area contributed by atoms with Crippen molar-refractivity contribution in [2.45, 2.75) is 26.8 Å². The first kappa shape index (κ1) is 11.5. The van der Waals surface area contributed by atoms with Gasteiger partial charge in [-0.2, -0.15) is 5.26 Å². The standard InChI is InChI=1S/C15H16N2/c1-11-9-15(10-16)13(3)17(11)12(2)14-7-5-4-6-8-14/h4-9,12H,1-3H3/t12-/m0/s1. The summed E-state index contributed by atoms with van der Waals surface area (Å²) in [5, 5.41) is 9.05. The smallest absolute Gasteiger partial charge is 0.101 e. The minimum atomic E-state index is 0.262. The predicted octanol–water partition coefficient (Wildman–Crippen LogP) is 3.59. The number of aromatic nitrogens is 1. The highest BCUT2D eigenvalue weighted by atomic mass is 15.0. The molecule has 0 aliphatic carbocycles. The van der Waals surface area contributed by atoms with E-state index in [2.05, 4.69) is 29.7 Å². The monoisotopic (exact) mass is 224 g/mol. The number of hydrogen-bond acceptors (Lipinski definition) is 1. The topological polar surface area (TPSA) is 28.7 Å². The minimum Gasteiger partial charge on any atom is -0.341 e. The Morgan fingerprint density at radius 3 is 2.35 bits per heavy atom. The SMILES string of the molecule is Cc1cc(C#N)c(C)n1[C@@H](C)c1ccccc1. The molecule has 0 fully saturated rings. The number of nitrogens with zero attached hydrogens (tertiary/aromatic N) is 2. The summed E-state index contributed by atoms with van der Waals surface area (Å²) in [5.41, 5.74) is 4.21. The van der Waals surface area contributed by atoms with Crippen molar-refractivity contribution in [1.29, 1.82) is 5.26 Å². The molecule has 0 aliphatic rings. The van der Waals surface area contributed by atoms with Gasteiger partial charge in [-0.05, 0) is 32.4 Å². The normalized spacial score (nSPS) is 12.1. The highest BCUT2D eigenvalue weighted by molar-refractivity contribution is 5.38. The maximum Gasteiger partial charge on any atom is 0.101 e. The van der Waals surface area contributed by atoms with Gasteiger partial charge in [0.1, 0.15) is 6.07 Å². The van der Waals surface area contributed by atoms with E-state index in [4.69, 9.17) is 5.26 Å². The zero-order valence-electron chi connectivity index (χ0n) is 10.4. The zero-order chi connectivity index (χ0) is 12.4. The average Bonchev–Trinajstić information content (AvgIpc) is 2.64. The predicted molar refractivity (Wildman–Crippen MR) is 68.9 cm³/mol. The van der Waals surface area contributed by atoms with Gasteiger partial charge in [0.2, 0.25) is 0 Å². The van der Waals surface area contributed by atoms with E-state index in [1.165, 1.54) is 5.56 Å². The first-order chi connectivity index (χ1) is 8.15. The minimum absolute atomic E-state index is 0.262. The average molecular weight is 224 g/mol. The van der Waals surface area contributed by atoms with Gasteiger partial charge in [0.25, 0.3) is 0 Å². The highest BCUT2D eigenvalue weighted by Crippen LogP contribution is 2.24. The summed E-state index contributed by atoms with van der Waals surface area (Å²) in [4.78, 5) is 0. The van der Waals surface area contributed by atoms with Crippen molar-refractivity contribution in [2.24, 2.45) is 0 Å². The van der Waals surface area contributed by atoms with E-state index >= 15 is 0 Å². The Bertz CT molecular complexity index is 559. The first-order valence-corrected chi connectivity index (χ1v) is 5.78. The van der Waals surface area contributed by atoms with Crippen LogP contribution in [0.2, 0.25) is 0 Å². The molecule has 2 rings (SSSR count). The van der Waals surface area contributed by atoms with Gasteiger partial charge in [0.15, 0.2) is 0 Å². The lowest BCUT2D eigenvalue weighted by atomic mass is 10.1. The summed E-state index contributed by atoms with van der Waals surface area (Å²) in [7, 11) is 0. The molecule has 2 nitrogen and oxygen atoms in total. The van der Waals surface area contributed by atoms with Gasteiger partial charge in [0.05, 0.1) is 11.6 Å². The Labute approximate surface area is 102 Å². The van der Waals surface area contributed by atoms with E-state index in [0.717, 1.165) is 17.0 Å². The molecule has 0 amide bonds. The van der Waals surface area contributed by atoms with Crippen LogP contribution in [0, 0.1) is 25.2 Å². The molecule has 1 aromatic heterocycles. The third kappa shape index (κ3) is 1.97. The molecular weight excluding hydrogens is 208 g/mol. The van der Waals surface area contributed by atoms with Crippen molar-refractivity contribution in [3.05, 3.63) is 58.9 Å². The van der Waals surface area contributed by atoms with E-state index in [1.807, 2.05) is 38.1 Å². The lowest BCUT2D eigenvalue weighted by Crippen LogP contribution is -2.10. The van der Waals surface area contributed by atoms with Gasteiger partial charge in [0, 0.05) is 11.4 Å². The maximum atomic E-state index is 9.05. The molecule has 0 radical (unpaired) electrons. The second-order valence-corrected chi connectivity index (χ2v) is 4.35. The Balaban J connectivity index is 2.49. The Morgan fingerprint density at radius 1 is 1.18 bits per heavy atom. The zero-order valence-corrected chi connectivity index (χ0v) is 10.4. The van der Waals surface area contributed by atoms with Crippen LogP contribution in [0.5, 0.6) is 0 Å². The molecular formula is C15H16N2. The van der Waals surface area contributed by atoms with Gasteiger partial charge in [-0.3, -0.25) is 0 Å². The molecule has 17 heavy (non-hydrogen) atoms. The largest absolute Gasteiger partial charge is 0.341 e. The van der Waals surface area contributed by atoms with Crippen molar-refractivity contribution in [2.75, 3.05) is 0 Å². The van der Waals surface area contributed by atoms with Crippen LogP contribution in [-0.2, 0) is 0 Å². The molecule has 0 bridgehead atoms. The van der Waals surface area contributed by atoms with Gasteiger partial charge < -0.3 is 4.57 Å². The molecule has 0 N–H and O–H groups in total. The van der Waals surface area contributed by atoms with Crippen molar-refractivity contribution >= 4 is 0 Å². The van der Waals surface area contributed by atoms with E-state index < -0.39 is 0 Å². The van der Waals surface area contributed by atoms with E-state index in [-0.39, 0.29) is 6.04 Å². The molecule has 0 aliphatic heterocycles. The fraction of sp³-hybridized carbons (Fsp3) is 0.267. The van der Waals surface area contributed by atoms with Crippen molar-refractivity contribution in [1.82, 2.24) is 4.57 Å². The van der Waals surface area contributed by atoms with Crippen LogP contribution in [0.15, 0.2) is 36.4 Å². The van der Waals surface area contributed by atoms with Crippen LogP contribution in [0.1, 0.15) is 35.5 Å². The van der Waals surface area contributed by atoms with Crippen LogP contribution >= 0.6 is 0 Å². The van der Waals surface area contributed by atoms with Gasteiger partial charge in [-0.1, -0.05) is 30.3 Å². The lowest BCUT2D eigenvalue weighted by molar-refractivity contribution is 0.610. The Kier molecular flexibility index (Phi) is 3.01. The molecule has 2 aromatic rings. The Hall–Kier alpha value is -2.01. The fourth-order valence-electron chi connectivity index (χ4n) is 2.37. The molecule has 0 saturated carbocycles. The fourth-order valence-corrected chi connectivity index (χ4v) is 2.37. The lowest BCUT2D eigenvalue weighted by Gasteiger charge is -2.18. The van der Waals surface area contributed by atoms with Gasteiger partial charge >= 0.3 is 0 Å². The third-order valence-electron chi connectivity index (χ3n) is 3.27. The third-order valence-corrected chi connectivity index (χ3v) is 3.27. The highest BCUT2D eigenvalue weighted by Gasteiger charge is 2.14. The van der Waals surface area contributed by atoms with Crippen LogP contribution in [-0.4, -0.2) is 4.57 Å². The van der Waals surface area contributed by atoms with Crippen LogP contribution in [0.25, 0.3) is 0 Å². The van der Waals surface area contributed by atoms with Crippen molar-refractivity contribution in [3.8, 4) is 6.07 Å². The van der Waals surface area contributed by atoms with Crippen LogP contribution < -0.4 is 0 Å². The van der Waals surface area contributed by atoms with Gasteiger partial charge in [-0.15, -0.1) is 0 Å². The van der Waals surface area contributed by atoms with Crippen LogP contribution in [0.4, 0.5) is 0 Å². The van der Waals surface area contributed by atoms with Gasteiger partial charge in [-0.25, -0.2) is 0 Å². The molecule has 1 atom stereocenters. The van der Waals surface area contributed by atoms with Crippen LogP contribution in [0.3, 0.4) is 0 Å². The van der Waals surface area contributed by atoms with Crippen molar-refractivity contribution < 1.29 is 0 Å². The molecule has 0 saturated heterocycles. The number of benzene rings is 1. The first-order valence-electron chi connectivity index (χ1n) is 5.78. The number of rotatable bonds is 2. The summed E-state index contributed by atoms with van der Waals surface area (Å²) in [6.07, 6.45) is 0. The van der Waals surface area contributed by atoms with E-state index in [0.29, 0.717) is 0 Å². The molecule has 1 aromatic carbocycles. The quantitative estimate of drug-likeness (QED) is 0.766. The summed E-state index contributed by atoms with van der Waals surface area (Å²) >= 11 is 0. The second-order valence-electron chi connectivity index (χ2n) is 4.35. The van der Waals surface area contributed by atoms with Crippen molar-refractivity contribution in [3.63, 3.8) is 0 Å². The molecule has 0 unspecified atom stereocenters. The second kappa shape index (κ2) is 4.47. The van der Waals surface area contributed by atoms with E-state index in [1.54, 1.807) is 0 Å². The summed E-state index contributed by atoms with van der Waals surface area (Å²) in [6, 6.07) is 14.8. The van der Waals surface area contributed by atoms with E-state index in [9.17, 15) is 0 Å². The number of aryl methyl sites for hydroxylation is 1. The summed E-state index contributed by atoms with van der Waals surface area (Å²) in [6.45, 7) is 6.22. The Morgan fingerprint density at radius 2 is 1.82 bits per heavy atom. The number of hydrogen-bond donors (Lipinski definition) is 0. The molecule has 0 spiro atoms. The number of nitriles is 1. The summed E-state index contributed by atoms with van der Waals surface area (Å²) in [5.74, 6) is 0. The molecule has 2 heteroatoms. The molecule has 86 valence electrons. The maximum absolute atomic E-state index is 9.05.